The predicted molar refractivity (Wildman–Crippen MR) is 115 cm³/mol. The summed E-state index contributed by atoms with van der Waals surface area (Å²) in [5.74, 6) is 0.273. The van der Waals surface area contributed by atoms with Crippen molar-refractivity contribution >= 4 is 17.5 Å². The molecule has 1 aliphatic rings. The van der Waals surface area contributed by atoms with Crippen LogP contribution in [0.15, 0.2) is 48.5 Å². The molecule has 0 atom stereocenters. The standard InChI is InChI=1S/C23H24FN5O2/c24-18-11-10-17(23-28-27-20-9-5-2-6-12-29(20)23)14-19(18)26-22(31)15-25-21(30)13-16-7-3-1-4-8-16/h1,3-4,7-8,10-11,14H,2,5-6,9,12-13,15H2,(H,25,30)(H,26,31). The molecule has 0 fully saturated rings. The summed E-state index contributed by atoms with van der Waals surface area (Å²) in [6.45, 7) is 0.583. The highest BCUT2D eigenvalue weighted by atomic mass is 19.1. The summed E-state index contributed by atoms with van der Waals surface area (Å²) in [4.78, 5) is 24.3. The van der Waals surface area contributed by atoms with E-state index in [1.807, 2.05) is 30.3 Å². The Morgan fingerprint density at radius 1 is 1.00 bits per heavy atom. The first-order valence-electron chi connectivity index (χ1n) is 10.4. The fourth-order valence-electron chi connectivity index (χ4n) is 3.68. The molecular formula is C23H24FN5O2. The Morgan fingerprint density at radius 2 is 1.84 bits per heavy atom. The Labute approximate surface area is 179 Å². The molecule has 0 radical (unpaired) electrons. The van der Waals surface area contributed by atoms with Gasteiger partial charge in [0.25, 0.3) is 0 Å². The van der Waals surface area contributed by atoms with Gasteiger partial charge in [-0.05, 0) is 36.6 Å². The quantitative estimate of drug-likeness (QED) is 0.640. The first-order valence-corrected chi connectivity index (χ1v) is 10.4. The summed E-state index contributed by atoms with van der Waals surface area (Å²) in [6.07, 6.45) is 4.32. The zero-order chi connectivity index (χ0) is 21.6. The smallest absolute Gasteiger partial charge is 0.243 e. The molecule has 160 valence electrons. The van der Waals surface area contributed by atoms with Crippen LogP contribution in [0.4, 0.5) is 10.1 Å². The average Bonchev–Trinajstić information content (AvgIpc) is 3.02. The minimum Gasteiger partial charge on any atom is -0.347 e. The molecule has 0 unspecified atom stereocenters. The molecule has 31 heavy (non-hydrogen) atoms. The Bertz CT molecular complexity index is 1080. The van der Waals surface area contributed by atoms with Crippen molar-refractivity contribution in [3.05, 3.63) is 65.7 Å². The number of aromatic nitrogens is 3. The van der Waals surface area contributed by atoms with Crippen LogP contribution in [0.25, 0.3) is 11.4 Å². The van der Waals surface area contributed by atoms with Gasteiger partial charge in [0.2, 0.25) is 11.8 Å². The van der Waals surface area contributed by atoms with Crippen molar-refractivity contribution < 1.29 is 14.0 Å². The lowest BCUT2D eigenvalue weighted by Crippen LogP contribution is -2.33. The van der Waals surface area contributed by atoms with Crippen LogP contribution in [-0.4, -0.2) is 33.1 Å². The van der Waals surface area contributed by atoms with E-state index in [4.69, 9.17) is 0 Å². The number of halogens is 1. The maximum atomic E-state index is 14.3. The maximum Gasteiger partial charge on any atom is 0.243 e. The van der Waals surface area contributed by atoms with E-state index in [1.54, 1.807) is 12.1 Å². The Hall–Kier alpha value is -3.55. The maximum absolute atomic E-state index is 14.3. The van der Waals surface area contributed by atoms with Crippen molar-refractivity contribution in [2.45, 2.75) is 38.6 Å². The minimum atomic E-state index is -0.552. The number of carbonyl (C=O) groups excluding carboxylic acids is 2. The van der Waals surface area contributed by atoms with E-state index in [2.05, 4.69) is 25.4 Å². The molecule has 0 aliphatic carbocycles. The number of nitrogens with one attached hydrogen (secondary N) is 2. The Kier molecular flexibility index (Phi) is 6.35. The third-order valence-electron chi connectivity index (χ3n) is 5.26. The Morgan fingerprint density at radius 3 is 2.68 bits per heavy atom. The number of fused-ring (bicyclic) bond motifs is 1. The second-order valence-electron chi connectivity index (χ2n) is 7.58. The van der Waals surface area contributed by atoms with Crippen LogP contribution < -0.4 is 10.6 Å². The number of benzene rings is 2. The lowest BCUT2D eigenvalue weighted by atomic mass is 10.1. The van der Waals surface area contributed by atoms with E-state index >= 15 is 0 Å². The molecule has 8 heteroatoms. The molecule has 0 bridgehead atoms. The highest BCUT2D eigenvalue weighted by Gasteiger charge is 2.18. The summed E-state index contributed by atoms with van der Waals surface area (Å²) >= 11 is 0. The van der Waals surface area contributed by atoms with Crippen LogP contribution in [0, 0.1) is 5.82 Å². The minimum absolute atomic E-state index is 0.0470. The van der Waals surface area contributed by atoms with Gasteiger partial charge in [-0.3, -0.25) is 9.59 Å². The van der Waals surface area contributed by atoms with Crippen molar-refractivity contribution in [3.63, 3.8) is 0 Å². The van der Waals surface area contributed by atoms with Crippen LogP contribution in [0.3, 0.4) is 0 Å². The van der Waals surface area contributed by atoms with Crippen molar-refractivity contribution in [1.82, 2.24) is 20.1 Å². The number of hydrogen-bond acceptors (Lipinski definition) is 4. The first kappa shape index (κ1) is 20.7. The predicted octanol–water partition coefficient (Wildman–Crippen LogP) is 3.11. The summed E-state index contributed by atoms with van der Waals surface area (Å²) in [5, 5.41) is 13.7. The third kappa shape index (κ3) is 5.14. The van der Waals surface area contributed by atoms with E-state index < -0.39 is 11.7 Å². The van der Waals surface area contributed by atoms with Crippen LogP contribution in [0.1, 0.15) is 30.7 Å². The number of rotatable bonds is 6. The van der Waals surface area contributed by atoms with Crippen molar-refractivity contribution in [1.29, 1.82) is 0 Å². The van der Waals surface area contributed by atoms with Gasteiger partial charge in [-0.15, -0.1) is 10.2 Å². The summed E-state index contributed by atoms with van der Waals surface area (Å²) in [5.41, 5.74) is 1.59. The number of anilines is 1. The Balaban J connectivity index is 1.40. The fraction of sp³-hybridized carbons (Fsp3) is 0.304. The zero-order valence-corrected chi connectivity index (χ0v) is 17.1. The van der Waals surface area contributed by atoms with Gasteiger partial charge in [0.15, 0.2) is 5.82 Å². The van der Waals surface area contributed by atoms with Gasteiger partial charge in [-0.1, -0.05) is 36.8 Å². The number of hydrogen-bond donors (Lipinski definition) is 2. The fourth-order valence-corrected chi connectivity index (χ4v) is 3.68. The van der Waals surface area contributed by atoms with E-state index in [0.29, 0.717) is 11.4 Å². The molecule has 2 amide bonds. The molecule has 2 aromatic carbocycles. The van der Waals surface area contributed by atoms with Crippen molar-refractivity contribution in [3.8, 4) is 11.4 Å². The first-order chi connectivity index (χ1) is 15.1. The SMILES string of the molecule is O=C(Cc1ccccc1)NCC(=O)Nc1cc(-c2nnc3n2CCCCC3)ccc1F. The number of aryl methyl sites for hydroxylation is 1. The van der Waals surface area contributed by atoms with Crippen LogP contribution in [-0.2, 0) is 29.0 Å². The second kappa shape index (κ2) is 9.51. The van der Waals surface area contributed by atoms with Gasteiger partial charge in [0.05, 0.1) is 18.7 Å². The van der Waals surface area contributed by atoms with Crippen LogP contribution >= 0.6 is 0 Å². The van der Waals surface area contributed by atoms with Crippen molar-refractivity contribution in [2.75, 3.05) is 11.9 Å². The van der Waals surface area contributed by atoms with Crippen LogP contribution in [0.5, 0.6) is 0 Å². The highest BCUT2D eigenvalue weighted by Crippen LogP contribution is 2.26. The molecule has 0 spiro atoms. The van der Waals surface area contributed by atoms with E-state index in [0.717, 1.165) is 43.6 Å². The number of nitrogens with zero attached hydrogens (tertiary/aromatic N) is 3. The van der Waals surface area contributed by atoms with E-state index in [9.17, 15) is 14.0 Å². The average molecular weight is 421 g/mol. The van der Waals surface area contributed by atoms with Gasteiger partial charge in [0.1, 0.15) is 11.6 Å². The summed E-state index contributed by atoms with van der Waals surface area (Å²) in [6, 6.07) is 13.7. The van der Waals surface area contributed by atoms with Gasteiger partial charge in [-0.2, -0.15) is 0 Å². The molecule has 3 aromatic rings. The number of carbonyl (C=O) groups is 2. The van der Waals surface area contributed by atoms with Gasteiger partial charge in [0, 0.05) is 18.5 Å². The van der Waals surface area contributed by atoms with Gasteiger partial charge < -0.3 is 15.2 Å². The molecule has 2 N–H and O–H groups in total. The molecule has 2 heterocycles. The van der Waals surface area contributed by atoms with E-state index in [1.165, 1.54) is 6.07 Å². The molecular weight excluding hydrogens is 397 g/mol. The molecule has 4 rings (SSSR count). The third-order valence-corrected chi connectivity index (χ3v) is 5.26. The lowest BCUT2D eigenvalue weighted by Gasteiger charge is -2.11. The molecule has 1 aliphatic heterocycles. The largest absolute Gasteiger partial charge is 0.347 e. The van der Waals surface area contributed by atoms with Gasteiger partial charge in [-0.25, -0.2) is 4.39 Å². The van der Waals surface area contributed by atoms with Crippen molar-refractivity contribution in [2.24, 2.45) is 0 Å². The molecule has 7 nitrogen and oxygen atoms in total. The lowest BCUT2D eigenvalue weighted by molar-refractivity contribution is -0.123. The normalized spacial score (nSPS) is 13.2. The van der Waals surface area contributed by atoms with E-state index in [-0.39, 0.29) is 24.6 Å². The molecule has 0 saturated carbocycles. The van der Waals surface area contributed by atoms with Gasteiger partial charge >= 0.3 is 0 Å². The summed E-state index contributed by atoms with van der Waals surface area (Å²) in [7, 11) is 0. The monoisotopic (exact) mass is 421 g/mol. The van der Waals surface area contributed by atoms with Crippen LogP contribution in [0.2, 0.25) is 0 Å². The topological polar surface area (TPSA) is 88.9 Å². The molecule has 1 aromatic heterocycles. The molecule has 0 saturated heterocycles. The second-order valence-corrected chi connectivity index (χ2v) is 7.58. The summed E-state index contributed by atoms with van der Waals surface area (Å²) < 4.78 is 16.4. The number of amides is 2. The zero-order valence-electron chi connectivity index (χ0n) is 17.1. The highest BCUT2D eigenvalue weighted by molar-refractivity contribution is 5.95.